The Morgan fingerprint density at radius 3 is 2.09 bits per heavy atom. The first-order valence-corrected chi connectivity index (χ1v) is 13.1. The molecule has 184 valence electrons. The summed E-state index contributed by atoms with van der Waals surface area (Å²) in [5, 5.41) is 11.2. The van der Waals surface area contributed by atoms with Crippen molar-refractivity contribution in [2.24, 2.45) is 0 Å². The van der Waals surface area contributed by atoms with Crippen molar-refractivity contribution in [1.29, 1.82) is 0 Å². The lowest BCUT2D eigenvalue weighted by Gasteiger charge is -2.45. The molecule has 4 heteroatoms. The van der Waals surface area contributed by atoms with Crippen LogP contribution in [0.3, 0.4) is 0 Å². The van der Waals surface area contributed by atoms with Crippen LogP contribution in [-0.2, 0) is 11.0 Å². The second kappa shape index (κ2) is 10.5. The van der Waals surface area contributed by atoms with Gasteiger partial charge in [-0.15, -0.1) is 0 Å². The third-order valence-corrected chi connectivity index (χ3v) is 8.28. The highest BCUT2D eigenvalue weighted by atomic mass is 19.1. The van der Waals surface area contributed by atoms with Gasteiger partial charge in [-0.2, -0.15) is 0 Å². The van der Waals surface area contributed by atoms with E-state index in [-0.39, 0.29) is 11.2 Å². The average Bonchev–Trinajstić information content (AvgIpc) is 2.91. The van der Waals surface area contributed by atoms with Crippen LogP contribution in [0.15, 0.2) is 84.9 Å². The zero-order valence-electron chi connectivity index (χ0n) is 20.6. The molecule has 0 bridgehead atoms. The number of halogens is 1. The first-order chi connectivity index (χ1) is 17.1. The van der Waals surface area contributed by atoms with Gasteiger partial charge in [0.2, 0.25) is 0 Å². The first-order valence-electron chi connectivity index (χ1n) is 13.1. The monoisotopic (exact) mass is 472 g/mol. The van der Waals surface area contributed by atoms with Crippen LogP contribution in [0.4, 0.5) is 10.1 Å². The van der Waals surface area contributed by atoms with Crippen LogP contribution >= 0.6 is 0 Å². The van der Waals surface area contributed by atoms with Crippen molar-refractivity contribution < 1.29 is 9.50 Å². The quantitative estimate of drug-likeness (QED) is 0.448. The summed E-state index contributed by atoms with van der Waals surface area (Å²) in [5.41, 5.74) is 2.90. The lowest BCUT2D eigenvalue weighted by atomic mass is 9.71. The molecule has 0 amide bonds. The van der Waals surface area contributed by atoms with Crippen LogP contribution in [0.5, 0.6) is 0 Å². The van der Waals surface area contributed by atoms with E-state index in [1.54, 1.807) is 12.1 Å². The van der Waals surface area contributed by atoms with Gasteiger partial charge in [0.15, 0.2) is 0 Å². The van der Waals surface area contributed by atoms with Crippen LogP contribution in [-0.4, -0.2) is 42.7 Å². The Morgan fingerprint density at radius 1 is 0.743 bits per heavy atom. The van der Waals surface area contributed by atoms with Crippen LogP contribution < -0.4 is 4.90 Å². The van der Waals surface area contributed by atoms with E-state index in [0.29, 0.717) is 0 Å². The van der Waals surface area contributed by atoms with Gasteiger partial charge in [-0.05, 0) is 80.5 Å². The molecule has 2 aliphatic rings. The molecule has 1 N–H and O–H groups in total. The predicted octanol–water partition coefficient (Wildman–Crippen LogP) is 6.13. The van der Waals surface area contributed by atoms with Gasteiger partial charge in [0.25, 0.3) is 0 Å². The molecule has 1 unspecified atom stereocenters. The number of rotatable bonds is 7. The minimum absolute atomic E-state index is 0.0301. The van der Waals surface area contributed by atoms with Crippen molar-refractivity contribution in [3.8, 4) is 0 Å². The zero-order valence-corrected chi connectivity index (χ0v) is 20.6. The minimum atomic E-state index is -0.702. The first kappa shape index (κ1) is 24.0. The molecule has 0 radical (unpaired) electrons. The van der Waals surface area contributed by atoms with Crippen molar-refractivity contribution in [3.05, 3.63) is 102 Å². The largest absolute Gasteiger partial charge is 0.385 e. The third kappa shape index (κ3) is 5.44. The molecule has 0 aromatic heterocycles. The second-order valence-corrected chi connectivity index (χ2v) is 10.5. The minimum Gasteiger partial charge on any atom is -0.385 e. The molecule has 2 heterocycles. The van der Waals surface area contributed by atoms with Crippen molar-refractivity contribution in [3.63, 3.8) is 0 Å². The second-order valence-electron chi connectivity index (χ2n) is 10.5. The Kier molecular flexibility index (Phi) is 7.22. The van der Waals surface area contributed by atoms with Gasteiger partial charge in [0, 0.05) is 37.3 Å². The maximum Gasteiger partial charge on any atom is 0.123 e. The van der Waals surface area contributed by atoms with E-state index < -0.39 is 5.60 Å². The number of anilines is 1. The van der Waals surface area contributed by atoms with Gasteiger partial charge in [0.1, 0.15) is 5.82 Å². The Morgan fingerprint density at radius 2 is 1.40 bits per heavy atom. The van der Waals surface area contributed by atoms with Gasteiger partial charge in [-0.25, -0.2) is 4.39 Å². The molecule has 5 rings (SSSR count). The summed E-state index contributed by atoms with van der Waals surface area (Å²) in [7, 11) is 0. The molecule has 0 aliphatic carbocycles. The number of aliphatic hydroxyl groups is 1. The number of hydrogen-bond acceptors (Lipinski definition) is 3. The molecule has 0 saturated carbocycles. The summed E-state index contributed by atoms with van der Waals surface area (Å²) in [6.07, 6.45) is 6.02. The fraction of sp³-hybridized carbons (Fsp3) is 0.419. The van der Waals surface area contributed by atoms with Crippen LogP contribution in [0.25, 0.3) is 0 Å². The SMILES string of the molecule is OC1(c2ccccc2)CCN(CCCC2(c3ccc(F)cc3)CCCN(c3ccccc3)C2)CC1. The molecule has 3 nitrogen and oxygen atoms in total. The van der Waals surface area contributed by atoms with E-state index in [9.17, 15) is 9.50 Å². The molecule has 0 spiro atoms. The number of benzene rings is 3. The van der Waals surface area contributed by atoms with E-state index in [4.69, 9.17) is 0 Å². The molecular weight excluding hydrogens is 435 g/mol. The normalized spacial score (nSPS) is 22.7. The molecule has 3 aromatic rings. The Labute approximate surface area is 209 Å². The molecular formula is C31H37FN2O. The van der Waals surface area contributed by atoms with Crippen LogP contribution in [0.2, 0.25) is 0 Å². The maximum absolute atomic E-state index is 13.8. The zero-order chi connectivity index (χ0) is 24.1. The molecule has 1 atom stereocenters. The van der Waals surface area contributed by atoms with Crippen molar-refractivity contribution in [1.82, 2.24) is 4.90 Å². The summed E-state index contributed by atoms with van der Waals surface area (Å²) < 4.78 is 13.8. The number of para-hydroxylation sites is 1. The molecule has 2 saturated heterocycles. The number of likely N-dealkylation sites (tertiary alicyclic amines) is 1. The average molecular weight is 473 g/mol. The number of hydrogen-bond donors (Lipinski definition) is 1. The van der Waals surface area contributed by atoms with E-state index >= 15 is 0 Å². The summed E-state index contributed by atoms with van der Waals surface area (Å²) in [5.74, 6) is -0.168. The van der Waals surface area contributed by atoms with Crippen molar-refractivity contribution >= 4 is 5.69 Å². The Hall–Kier alpha value is -2.69. The molecule has 3 aromatic carbocycles. The number of piperidine rings is 2. The lowest BCUT2D eigenvalue weighted by molar-refractivity contribution is -0.0264. The van der Waals surface area contributed by atoms with Crippen molar-refractivity contribution in [2.75, 3.05) is 37.6 Å². The topological polar surface area (TPSA) is 26.7 Å². The van der Waals surface area contributed by atoms with E-state index in [1.807, 2.05) is 42.5 Å². The summed E-state index contributed by atoms with van der Waals surface area (Å²) in [6.45, 7) is 4.92. The van der Waals surface area contributed by atoms with Crippen molar-refractivity contribution in [2.45, 2.75) is 49.5 Å². The highest BCUT2D eigenvalue weighted by Crippen LogP contribution is 2.40. The summed E-state index contributed by atoms with van der Waals surface area (Å²) in [4.78, 5) is 5.02. The van der Waals surface area contributed by atoms with Crippen LogP contribution in [0.1, 0.15) is 49.7 Å². The molecule has 2 aliphatic heterocycles. The van der Waals surface area contributed by atoms with Gasteiger partial charge in [-0.1, -0.05) is 60.7 Å². The highest BCUT2D eigenvalue weighted by molar-refractivity contribution is 5.48. The summed E-state index contributed by atoms with van der Waals surface area (Å²) in [6, 6.07) is 28.0. The third-order valence-electron chi connectivity index (χ3n) is 8.28. The Bertz CT molecular complexity index is 1060. The molecule has 35 heavy (non-hydrogen) atoms. The fourth-order valence-corrected chi connectivity index (χ4v) is 6.20. The van der Waals surface area contributed by atoms with Crippen LogP contribution in [0, 0.1) is 5.82 Å². The number of nitrogens with zero attached hydrogens (tertiary/aromatic N) is 2. The van der Waals surface area contributed by atoms with Gasteiger partial charge in [0.05, 0.1) is 5.60 Å². The standard InChI is InChI=1S/C31H37FN2O/c32-28-15-13-26(14-16-28)30(18-8-22-34(25-30)29-11-5-2-6-12-29)17-7-21-33-23-19-31(35,20-24-33)27-9-3-1-4-10-27/h1-6,9-16,35H,7-8,17-25H2. The van der Waals surface area contributed by atoms with Gasteiger partial charge >= 0.3 is 0 Å². The highest BCUT2D eigenvalue weighted by Gasteiger charge is 2.38. The van der Waals surface area contributed by atoms with E-state index in [0.717, 1.165) is 76.8 Å². The van der Waals surface area contributed by atoms with E-state index in [2.05, 4.69) is 40.1 Å². The molecule has 2 fully saturated rings. The maximum atomic E-state index is 13.8. The fourth-order valence-electron chi connectivity index (χ4n) is 6.20. The smallest absolute Gasteiger partial charge is 0.123 e. The lowest BCUT2D eigenvalue weighted by Crippen LogP contribution is -2.47. The predicted molar refractivity (Wildman–Crippen MR) is 141 cm³/mol. The Balaban J connectivity index is 1.25. The van der Waals surface area contributed by atoms with E-state index in [1.165, 1.54) is 11.3 Å². The summed E-state index contributed by atoms with van der Waals surface area (Å²) >= 11 is 0. The van der Waals surface area contributed by atoms with Gasteiger partial charge < -0.3 is 14.9 Å². The van der Waals surface area contributed by atoms with Gasteiger partial charge in [-0.3, -0.25) is 0 Å².